The fourth-order valence-corrected chi connectivity index (χ4v) is 2.75. The predicted molar refractivity (Wildman–Crippen MR) is 73.6 cm³/mol. The van der Waals surface area contributed by atoms with Crippen molar-refractivity contribution in [3.05, 3.63) is 17.5 Å². The lowest BCUT2D eigenvalue weighted by molar-refractivity contribution is -0.142. The third kappa shape index (κ3) is 3.26. The molecule has 0 spiro atoms. The maximum atomic E-state index is 12.9. The maximum Gasteiger partial charge on any atom is 0.435 e. The molecule has 1 aliphatic rings. The molecule has 0 saturated carbocycles. The average Bonchev–Trinajstić information content (AvgIpc) is 3.03. The Morgan fingerprint density at radius 2 is 2.05 bits per heavy atom. The minimum absolute atomic E-state index is 0.0884. The maximum absolute atomic E-state index is 12.9. The Balaban J connectivity index is 2.26. The number of aromatic nitrogens is 2. The van der Waals surface area contributed by atoms with E-state index >= 15 is 0 Å². The molecule has 2 atom stereocenters. The van der Waals surface area contributed by atoms with Crippen molar-refractivity contribution in [3.8, 4) is 0 Å². The van der Waals surface area contributed by atoms with E-state index in [1.54, 1.807) is 11.8 Å². The molecule has 0 amide bonds. The number of alkyl halides is 3. The van der Waals surface area contributed by atoms with Gasteiger partial charge >= 0.3 is 12.1 Å². The Bertz CT molecular complexity index is 554. The minimum Gasteiger partial charge on any atom is -0.480 e. The van der Waals surface area contributed by atoms with Crippen LogP contribution in [0, 0.1) is 0 Å². The summed E-state index contributed by atoms with van der Waals surface area (Å²) in [5, 5.41) is 12.8. The topological polar surface area (TPSA) is 58.4 Å². The number of hydrogen-bond donors (Lipinski definition) is 1. The molecule has 1 saturated heterocycles. The van der Waals surface area contributed by atoms with Crippen LogP contribution in [0.2, 0.25) is 0 Å². The summed E-state index contributed by atoms with van der Waals surface area (Å²) in [5.74, 6) is -1.02. The number of carboxylic acid groups (broad SMARTS) is 1. The van der Waals surface area contributed by atoms with E-state index in [2.05, 4.69) is 5.10 Å². The molecule has 0 bridgehead atoms. The van der Waals surface area contributed by atoms with Crippen LogP contribution >= 0.6 is 0 Å². The summed E-state index contributed by atoms with van der Waals surface area (Å²) in [6.07, 6.45) is -3.88. The Kier molecular flexibility index (Phi) is 4.51. The number of carbonyl (C=O) groups is 1. The first kappa shape index (κ1) is 16.8. The zero-order valence-electron chi connectivity index (χ0n) is 12.8. The second-order valence-electron chi connectivity index (χ2n) is 6.00. The summed E-state index contributed by atoms with van der Waals surface area (Å²) in [7, 11) is 0. The number of hydrogen-bond acceptors (Lipinski definition) is 3. The van der Waals surface area contributed by atoms with E-state index in [1.807, 2.05) is 13.8 Å². The van der Waals surface area contributed by atoms with Crippen LogP contribution < -0.4 is 0 Å². The van der Waals surface area contributed by atoms with Gasteiger partial charge in [0.25, 0.3) is 0 Å². The van der Waals surface area contributed by atoms with Gasteiger partial charge in [-0.2, -0.15) is 18.3 Å². The standard InChI is InChI=1S/C14H20F3N3O2/c1-8(2)11-6-12(14(15,16)17)18-20(11)10-4-5-19(7-10)9(3)13(21)22/h6,8-10H,4-5,7H2,1-3H3,(H,21,22). The van der Waals surface area contributed by atoms with Crippen LogP contribution in [-0.4, -0.2) is 44.9 Å². The van der Waals surface area contributed by atoms with Crippen molar-refractivity contribution in [1.29, 1.82) is 0 Å². The van der Waals surface area contributed by atoms with Gasteiger partial charge < -0.3 is 5.11 Å². The van der Waals surface area contributed by atoms with Crippen LogP contribution in [0.5, 0.6) is 0 Å². The van der Waals surface area contributed by atoms with Crippen molar-refractivity contribution in [3.63, 3.8) is 0 Å². The fraction of sp³-hybridized carbons (Fsp3) is 0.714. The van der Waals surface area contributed by atoms with E-state index in [1.165, 1.54) is 4.68 Å². The van der Waals surface area contributed by atoms with Crippen molar-refractivity contribution < 1.29 is 23.1 Å². The average molecular weight is 319 g/mol. The first-order chi connectivity index (χ1) is 10.1. The lowest BCUT2D eigenvalue weighted by Gasteiger charge is -2.21. The van der Waals surface area contributed by atoms with E-state index in [4.69, 9.17) is 5.11 Å². The van der Waals surface area contributed by atoms with E-state index in [0.717, 1.165) is 6.07 Å². The molecule has 1 aliphatic heterocycles. The molecule has 5 nitrogen and oxygen atoms in total. The molecule has 2 unspecified atom stereocenters. The molecule has 8 heteroatoms. The minimum atomic E-state index is -4.47. The van der Waals surface area contributed by atoms with E-state index in [9.17, 15) is 18.0 Å². The highest BCUT2D eigenvalue weighted by atomic mass is 19.4. The highest BCUT2D eigenvalue weighted by Gasteiger charge is 2.38. The smallest absolute Gasteiger partial charge is 0.435 e. The molecule has 1 fully saturated rings. The van der Waals surface area contributed by atoms with Gasteiger partial charge in [0, 0.05) is 18.8 Å². The summed E-state index contributed by atoms with van der Waals surface area (Å²) >= 11 is 0. The van der Waals surface area contributed by atoms with Crippen LogP contribution in [0.1, 0.15) is 50.5 Å². The third-order valence-electron chi connectivity index (χ3n) is 4.09. The molecule has 1 aromatic rings. The zero-order chi connectivity index (χ0) is 16.7. The Hall–Kier alpha value is -1.57. The van der Waals surface area contributed by atoms with Gasteiger partial charge in [-0.25, -0.2) is 0 Å². The first-order valence-electron chi connectivity index (χ1n) is 7.24. The third-order valence-corrected chi connectivity index (χ3v) is 4.09. The van der Waals surface area contributed by atoms with Gasteiger partial charge in [0.05, 0.1) is 6.04 Å². The van der Waals surface area contributed by atoms with Gasteiger partial charge in [-0.05, 0) is 25.3 Å². The first-order valence-corrected chi connectivity index (χ1v) is 7.24. The largest absolute Gasteiger partial charge is 0.480 e. The van der Waals surface area contributed by atoms with E-state index in [-0.39, 0.29) is 12.0 Å². The molecule has 22 heavy (non-hydrogen) atoms. The molecule has 2 heterocycles. The van der Waals surface area contributed by atoms with Crippen LogP contribution in [-0.2, 0) is 11.0 Å². The van der Waals surface area contributed by atoms with Crippen molar-refractivity contribution >= 4 is 5.97 Å². The van der Waals surface area contributed by atoms with Gasteiger partial charge in [0.1, 0.15) is 6.04 Å². The van der Waals surface area contributed by atoms with E-state index in [0.29, 0.717) is 25.2 Å². The van der Waals surface area contributed by atoms with Crippen LogP contribution in [0.4, 0.5) is 13.2 Å². The van der Waals surface area contributed by atoms with Gasteiger partial charge in [0.2, 0.25) is 0 Å². The van der Waals surface area contributed by atoms with Crippen LogP contribution in [0.15, 0.2) is 6.07 Å². The number of carboxylic acids is 1. The predicted octanol–water partition coefficient (Wildman–Crippen LogP) is 2.75. The Morgan fingerprint density at radius 1 is 1.41 bits per heavy atom. The normalized spacial score (nSPS) is 21.5. The molecule has 2 rings (SSSR count). The Labute approximate surface area is 126 Å². The molecule has 1 N–H and O–H groups in total. The second-order valence-corrected chi connectivity index (χ2v) is 6.00. The highest BCUT2D eigenvalue weighted by Crippen LogP contribution is 2.33. The number of nitrogens with zero attached hydrogens (tertiary/aromatic N) is 3. The Morgan fingerprint density at radius 3 is 2.55 bits per heavy atom. The molecular weight excluding hydrogens is 299 g/mol. The quantitative estimate of drug-likeness (QED) is 0.927. The van der Waals surface area contributed by atoms with Gasteiger partial charge in [-0.3, -0.25) is 14.4 Å². The molecule has 0 aliphatic carbocycles. The fourth-order valence-electron chi connectivity index (χ4n) is 2.75. The number of likely N-dealkylation sites (tertiary alicyclic amines) is 1. The van der Waals surface area contributed by atoms with Gasteiger partial charge in [-0.1, -0.05) is 13.8 Å². The van der Waals surface area contributed by atoms with Gasteiger partial charge in [0.15, 0.2) is 5.69 Å². The van der Waals surface area contributed by atoms with Crippen molar-refractivity contribution in [2.45, 2.75) is 51.4 Å². The summed E-state index contributed by atoms with van der Waals surface area (Å²) < 4.78 is 40.1. The molecule has 0 radical (unpaired) electrons. The zero-order valence-corrected chi connectivity index (χ0v) is 12.8. The van der Waals surface area contributed by atoms with Crippen LogP contribution in [0.25, 0.3) is 0 Å². The monoisotopic (exact) mass is 319 g/mol. The van der Waals surface area contributed by atoms with Gasteiger partial charge in [-0.15, -0.1) is 0 Å². The SMILES string of the molecule is CC(C)c1cc(C(F)(F)F)nn1C1CCN(C(C)C(=O)O)C1. The molecule has 1 aromatic heterocycles. The molecule has 0 aromatic carbocycles. The second kappa shape index (κ2) is 5.91. The number of halogens is 3. The summed E-state index contributed by atoms with van der Waals surface area (Å²) in [4.78, 5) is 12.8. The lowest BCUT2D eigenvalue weighted by Crippen LogP contribution is -2.37. The van der Waals surface area contributed by atoms with Crippen LogP contribution in [0.3, 0.4) is 0 Å². The lowest BCUT2D eigenvalue weighted by atomic mass is 10.1. The number of aliphatic carboxylic acids is 1. The number of rotatable bonds is 4. The summed E-state index contributed by atoms with van der Waals surface area (Å²) in [6, 6.07) is 0.217. The highest BCUT2D eigenvalue weighted by molar-refractivity contribution is 5.72. The molecule has 124 valence electrons. The molecular formula is C14H20F3N3O2. The van der Waals surface area contributed by atoms with Crippen molar-refractivity contribution in [1.82, 2.24) is 14.7 Å². The van der Waals surface area contributed by atoms with Crippen molar-refractivity contribution in [2.24, 2.45) is 0 Å². The summed E-state index contributed by atoms with van der Waals surface area (Å²) in [6.45, 7) is 6.15. The van der Waals surface area contributed by atoms with E-state index < -0.39 is 23.9 Å². The summed E-state index contributed by atoms with van der Waals surface area (Å²) in [5.41, 5.74) is -0.358. The van der Waals surface area contributed by atoms with Crippen molar-refractivity contribution in [2.75, 3.05) is 13.1 Å².